The number of piperidine rings is 1. The number of carbonyl (C=O) groups is 1. The molecule has 2 aromatic rings. The molecule has 1 aliphatic carbocycles. The second-order valence-corrected chi connectivity index (χ2v) is 7.58. The van der Waals surface area contributed by atoms with Gasteiger partial charge in [0.1, 0.15) is 12.4 Å². The van der Waals surface area contributed by atoms with Crippen LogP contribution in [-0.2, 0) is 17.9 Å². The van der Waals surface area contributed by atoms with Crippen molar-refractivity contribution in [2.24, 2.45) is 5.92 Å². The van der Waals surface area contributed by atoms with Crippen molar-refractivity contribution in [2.75, 3.05) is 13.1 Å². The van der Waals surface area contributed by atoms with Gasteiger partial charge in [0.05, 0.1) is 0 Å². The van der Waals surface area contributed by atoms with Crippen LogP contribution in [0.15, 0.2) is 41.6 Å². The van der Waals surface area contributed by atoms with Crippen LogP contribution in [-0.4, -0.2) is 38.0 Å². The van der Waals surface area contributed by atoms with E-state index in [0.717, 1.165) is 37.7 Å². The molecule has 0 spiro atoms. The van der Waals surface area contributed by atoms with E-state index in [-0.39, 0.29) is 23.9 Å². The van der Waals surface area contributed by atoms with Crippen molar-refractivity contribution in [2.45, 2.75) is 51.1 Å². The zero-order valence-corrected chi connectivity index (χ0v) is 15.1. The Morgan fingerprint density at radius 3 is 2.77 bits per heavy atom. The van der Waals surface area contributed by atoms with Gasteiger partial charge in [0, 0.05) is 50.2 Å². The van der Waals surface area contributed by atoms with Crippen LogP contribution >= 0.6 is 0 Å². The molecule has 0 N–H and O–H groups in total. The van der Waals surface area contributed by atoms with Gasteiger partial charge in [-0.3, -0.25) is 9.59 Å². The van der Waals surface area contributed by atoms with Gasteiger partial charge < -0.3 is 14.0 Å². The van der Waals surface area contributed by atoms with E-state index >= 15 is 0 Å². The number of amides is 1. The molecule has 0 unspecified atom stereocenters. The van der Waals surface area contributed by atoms with Crippen molar-refractivity contribution >= 4 is 5.91 Å². The summed E-state index contributed by atoms with van der Waals surface area (Å²) in [7, 11) is 0. The predicted molar refractivity (Wildman–Crippen MR) is 98.8 cm³/mol. The first kappa shape index (κ1) is 17.1. The number of nitrogens with zero attached hydrogens (tertiary/aromatic N) is 4. The van der Waals surface area contributed by atoms with E-state index in [1.54, 1.807) is 18.3 Å². The number of imidazole rings is 1. The Bertz CT molecular complexity index is 821. The second kappa shape index (κ2) is 7.48. The van der Waals surface area contributed by atoms with Gasteiger partial charge in [-0.2, -0.15) is 0 Å². The molecule has 6 nitrogen and oxygen atoms in total. The van der Waals surface area contributed by atoms with E-state index < -0.39 is 0 Å². The normalized spacial score (nSPS) is 20.8. The minimum atomic E-state index is -0.134. The van der Waals surface area contributed by atoms with Gasteiger partial charge in [-0.1, -0.05) is 12.5 Å². The maximum absolute atomic E-state index is 12.7. The Morgan fingerprint density at radius 1 is 1.12 bits per heavy atom. The lowest BCUT2D eigenvalue weighted by Gasteiger charge is -2.34. The van der Waals surface area contributed by atoms with Crippen molar-refractivity contribution in [1.82, 2.24) is 19.0 Å². The molecule has 1 atom stereocenters. The molecule has 1 amide bonds. The first-order valence-electron chi connectivity index (χ1n) is 9.65. The van der Waals surface area contributed by atoms with Gasteiger partial charge in [0.15, 0.2) is 0 Å². The minimum Gasteiger partial charge on any atom is -0.340 e. The smallest absolute Gasteiger partial charge is 0.250 e. The van der Waals surface area contributed by atoms with E-state index in [4.69, 9.17) is 0 Å². The van der Waals surface area contributed by atoms with E-state index in [1.165, 1.54) is 29.9 Å². The molecular weight excluding hydrogens is 328 g/mol. The highest BCUT2D eigenvalue weighted by atomic mass is 16.2. The van der Waals surface area contributed by atoms with Crippen molar-refractivity contribution in [1.29, 1.82) is 0 Å². The lowest BCUT2D eigenvalue weighted by molar-refractivity contribution is -0.133. The molecule has 1 saturated carbocycles. The molecule has 2 aromatic heterocycles. The van der Waals surface area contributed by atoms with Gasteiger partial charge in [-0.15, -0.1) is 0 Å². The summed E-state index contributed by atoms with van der Waals surface area (Å²) in [4.78, 5) is 31.1. The van der Waals surface area contributed by atoms with E-state index in [1.807, 2.05) is 11.1 Å². The molecule has 4 rings (SSSR count). The van der Waals surface area contributed by atoms with E-state index in [0.29, 0.717) is 6.54 Å². The van der Waals surface area contributed by atoms with Crippen molar-refractivity contribution < 1.29 is 4.79 Å². The standard InChI is InChI=1S/C20H26N4O2/c25-18-8-1-2-10-23(18)15-19(26)22-11-4-7-17(14-22)20-21-9-12-24(20)13-16-5-3-6-16/h1-2,8-10,12,16-17H,3-7,11,13-15H2/t17-/m0/s1. The van der Waals surface area contributed by atoms with Crippen molar-refractivity contribution in [3.63, 3.8) is 0 Å². The van der Waals surface area contributed by atoms with Crippen LogP contribution < -0.4 is 5.56 Å². The Labute approximate surface area is 153 Å². The highest BCUT2D eigenvalue weighted by molar-refractivity contribution is 5.76. The molecule has 6 heteroatoms. The number of likely N-dealkylation sites (tertiary alicyclic amines) is 1. The lowest BCUT2D eigenvalue weighted by Crippen LogP contribution is -2.42. The maximum atomic E-state index is 12.7. The van der Waals surface area contributed by atoms with Gasteiger partial charge >= 0.3 is 0 Å². The summed E-state index contributed by atoms with van der Waals surface area (Å²) in [6, 6.07) is 4.97. The van der Waals surface area contributed by atoms with Gasteiger partial charge in [-0.25, -0.2) is 4.98 Å². The topological polar surface area (TPSA) is 60.1 Å². The predicted octanol–water partition coefficient (Wildman–Crippen LogP) is 2.25. The summed E-state index contributed by atoms with van der Waals surface area (Å²) in [5.74, 6) is 2.20. The Hall–Kier alpha value is -2.37. The third-order valence-electron chi connectivity index (χ3n) is 5.77. The molecule has 3 heterocycles. The SMILES string of the molecule is O=C(Cn1ccccc1=O)N1CCC[C@H](c2nccn2CC2CCC2)C1. The molecule has 2 fully saturated rings. The summed E-state index contributed by atoms with van der Waals surface area (Å²) in [5.41, 5.74) is -0.134. The van der Waals surface area contributed by atoms with Crippen LogP contribution in [0.3, 0.4) is 0 Å². The zero-order chi connectivity index (χ0) is 17.9. The fourth-order valence-corrected chi connectivity index (χ4v) is 4.04. The van der Waals surface area contributed by atoms with Gasteiger partial charge in [0.25, 0.3) is 5.56 Å². The quantitative estimate of drug-likeness (QED) is 0.827. The highest BCUT2D eigenvalue weighted by Crippen LogP contribution is 2.31. The zero-order valence-electron chi connectivity index (χ0n) is 15.1. The van der Waals surface area contributed by atoms with Crippen LogP contribution in [0.2, 0.25) is 0 Å². The summed E-state index contributed by atoms with van der Waals surface area (Å²) in [5, 5.41) is 0. The molecular formula is C20H26N4O2. The first-order valence-corrected chi connectivity index (χ1v) is 9.65. The van der Waals surface area contributed by atoms with E-state index in [9.17, 15) is 9.59 Å². The molecule has 2 aliphatic rings. The number of carbonyl (C=O) groups excluding carboxylic acids is 1. The molecule has 0 aromatic carbocycles. The largest absolute Gasteiger partial charge is 0.340 e. The average Bonchev–Trinajstić information content (AvgIpc) is 3.08. The summed E-state index contributed by atoms with van der Waals surface area (Å²) in [6.07, 6.45) is 11.7. The fraction of sp³-hybridized carbons (Fsp3) is 0.550. The summed E-state index contributed by atoms with van der Waals surface area (Å²) < 4.78 is 3.77. The molecule has 0 radical (unpaired) electrons. The molecule has 26 heavy (non-hydrogen) atoms. The first-order chi connectivity index (χ1) is 12.7. The Morgan fingerprint density at radius 2 is 2.00 bits per heavy atom. The second-order valence-electron chi connectivity index (χ2n) is 7.58. The Balaban J connectivity index is 1.43. The maximum Gasteiger partial charge on any atom is 0.250 e. The van der Waals surface area contributed by atoms with Crippen LogP contribution in [0.25, 0.3) is 0 Å². The van der Waals surface area contributed by atoms with Crippen LogP contribution in [0, 0.1) is 5.92 Å². The fourth-order valence-electron chi connectivity index (χ4n) is 4.04. The molecule has 1 saturated heterocycles. The van der Waals surface area contributed by atoms with Crippen LogP contribution in [0.4, 0.5) is 0 Å². The third kappa shape index (κ3) is 3.59. The number of hydrogen-bond donors (Lipinski definition) is 0. The third-order valence-corrected chi connectivity index (χ3v) is 5.77. The lowest BCUT2D eigenvalue weighted by atomic mass is 9.85. The van der Waals surface area contributed by atoms with E-state index in [2.05, 4.69) is 15.7 Å². The van der Waals surface area contributed by atoms with Crippen LogP contribution in [0.5, 0.6) is 0 Å². The molecule has 1 aliphatic heterocycles. The van der Waals surface area contributed by atoms with Crippen molar-refractivity contribution in [3.05, 3.63) is 53.0 Å². The number of hydrogen-bond acceptors (Lipinski definition) is 3. The van der Waals surface area contributed by atoms with Gasteiger partial charge in [-0.05, 0) is 37.7 Å². The van der Waals surface area contributed by atoms with Gasteiger partial charge in [0.2, 0.25) is 5.91 Å². The number of rotatable bonds is 5. The minimum absolute atomic E-state index is 0.0140. The number of pyridine rings is 1. The summed E-state index contributed by atoms with van der Waals surface area (Å²) in [6.45, 7) is 2.63. The van der Waals surface area contributed by atoms with Crippen molar-refractivity contribution in [3.8, 4) is 0 Å². The summed E-state index contributed by atoms with van der Waals surface area (Å²) >= 11 is 0. The monoisotopic (exact) mass is 354 g/mol. The highest BCUT2D eigenvalue weighted by Gasteiger charge is 2.28. The Kier molecular flexibility index (Phi) is 4.91. The molecule has 0 bridgehead atoms. The molecule has 138 valence electrons. The van der Waals surface area contributed by atoms with Crippen LogP contribution in [0.1, 0.15) is 43.8 Å². The number of aromatic nitrogens is 3. The average molecular weight is 354 g/mol.